The number of nitrogen functional groups attached to an aromatic ring is 1. The van der Waals surface area contributed by atoms with E-state index in [0.717, 1.165) is 40.2 Å². The van der Waals surface area contributed by atoms with E-state index in [2.05, 4.69) is 45.4 Å². The molecule has 1 aromatic carbocycles. The first-order valence-corrected chi connectivity index (χ1v) is 7.61. The topological polar surface area (TPSA) is 63.8 Å². The van der Waals surface area contributed by atoms with Crippen molar-refractivity contribution < 1.29 is 0 Å². The second-order valence-corrected chi connectivity index (χ2v) is 6.01. The van der Waals surface area contributed by atoms with Crippen LogP contribution in [0.3, 0.4) is 0 Å². The fraction of sp³-hybridized carbons (Fsp3) is 0.333. The van der Waals surface area contributed by atoms with Crippen LogP contribution in [0.5, 0.6) is 0 Å². The van der Waals surface area contributed by atoms with Gasteiger partial charge in [0.15, 0.2) is 5.82 Å². The molecule has 0 fully saturated rings. The molecule has 3 rings (SSSR count). The molecule has 1 aliphatic carbocycles. The average Bonchev–Trinajstić information content (AvgIpc) is 2.46. The number of rotatable bonds is 2. The Kier molecular flexibility index (Phi) is 3.72. The molecule has 1 aliphatic rings. The number of halogens is 1. The monoisotopic (exact) mass is 332 g/mol. The van der Waals surface area contributed by atoms with Crippen molar-refractivity contribution in [2.45, 2.75) is 32.6 Å². The molecule has 104 valence electrons. The molecular formula is C15H17BrN4. The van der Waals surface area contributed by atoms with E-state index in [1.165, 1.54) is 24.0 Å². The molecule has 1 heterocycles. The van der Waals surface area contributed by atoms with Crippen LogP contribution in [0.15, 0.2) is 22.7 Å². The Morgan fingerprint density at radius 3 is 2.75 bits per heavy atom. The Morgan fingerprint density at radius 1 is 1.20 bits per heavy atom. The summed E-state index contributed by atoms with van der Waals surface area (Å²) in [5, 5.41) is 0. The van der Waals surface area contributed by atoms with Gasteiger partial charge in [0.1, 0.15) is 5.82 Å². The molecule has 0 spiro atoms. The van der Waals surface area contributed by atoms with Gasteiger partial charge in [-0.3, -0.25) is 0 Å². The molecule has 0 bridgehead atoms. The number of nitrogens with zero attached hydrogens (tertiary/aromatic N) is 2. The van der Waals surface area contributed by atoms with Gasteiger partial charge < -0.3 is 5.43 Å². The van der Waals surface area contributed by atoms with Crippen LogP contribution in [0.1, 0.15) is 29.7 Å². The van der Waals surface area contributed by atoms with Crippen LogP contribution in [0, 0.1) is 6.92 Å². The highest BCUT2D eigenvalue weighted by Crippen LogP contribution is 2.31. The second-order valence-electron chi connectivity index (χ2n) is 5.16. The van der Waals surface area contributed by atoms with Gasteiger partial charge in [-0.05, 0) is 50.3 Å². The van der Waals surface area contributed by atoms with E-state index in [1.807, 2.05) is 6.07 Å². The fourth-order valence-corrected chi connectivity index (χ4v) is 3.31. The number of nitrogens with one attached hydrogen (secondary N) is 1. The maximum Gasteiger partial charge on any atom is 0.162 e. The van der Waals surface area contributed by atoms with E-state index in [-0.39, 0.29) is 0 Å². The molecule has 3 N–H and O–H groups in total. The third kappa shape index (κ3) is 2.43. The van der Waals surface area contributed by atoms with Crippen molar-refractivity contribution in [3.63, 3.8) is 0 Å². The van der Waals surface area contributed by atoms with Gasteiger partial charge in [0.05, 0.1) is 0 Å². The number of fused-ring (bicyclic) bond motifs is 1. The summed E-state index contributed by atoms with van der Waals surface area (Å²) in [6.45, 7) is 2.06. The number of hydrogen-bond donors (Lipinski definition) is 2. The first-order chi connectivity index (χ1) is 9.69. The van der Waals surface area contributed by atoms with Crippen molar-refractivity contribution in [3.05, 3.63) is 39.5 Å². The molecule has 1 aromatic heterocycles. The minimum absolute atomic E-state index is 0.727. The molecule has 5 heteroatoms. The van der Waals surface area contributed by atoms with Crippen molar-refractivity contribution in [1.29, 1.82) is 0 Å². The van der Waals surface area contributed by atoms with Crippen LogP contribution in [-0.2, 0) is 12.8 Å². The van der Waals surface area contributed by atoms with Crippen LogP contribution < -0.4 is 11.3 Å². The summed E-state index contributed by atoms with van der Waals surface area (Å²) in [6, 6.07) is 6.19. The Bertz CT molecular complexity index is 637. The molecule has 0 unspecified atom stereocenters. The van der Waals surface area contributed by atoms with Gasteiger partial charge in [-0.25, -0.2) is 15.8 Å². The van der Waals surface area contributed by atoms with Crippen LogP contribution >= 0.6 is 15.9 Å². The van der Waals surface area contributed by atoms with Crippen LogP contribution in [0.2, 0.25) is 0 Å². The Labute approximate surface area is 126 Å². The number of hydrazine groups is 1. The summed E-state index contributed by atoms with van der Waals surface area (Å²) < 4.78 is 1.01. The smallest absolute Gasteiger partial charge is 0.162 e. The molecule has 0 amide bonds. The van der Waals surface area contributed by atoms with E-state index >= 15 is 0 Å². The first kappa shape index (κ1) is 13.5. The van der Waals surface area contributed by atoms with Gasteiger partial charge in [-0.15, -0.1) is 0 Å². The van der Waals surface area contributed by atoms with Gasteiger partial charge >= 0.3 is 0 Å². The van der Waals surface area contributed by atoms with Crippen molar-refractivity contribution in [2.24, 2.45) is 5.84 Å². The molecule has 0 aliphatic heterocycles. The van der Waals surface area contributed by atoms with E-state index < -0.39 is 0 Å². The molecule has 20 heavy (non-hydrogen) atoms. The lowest BCUT2D eigenvalue weighted by Crippen LogP contribution is -2.17. The molecule has 0 saturated heterocycles. The van der Waals surface area contributed by atoms with E-state index in [1.54, 1.807) is 0 Å². The minimum Gasteiger partial charge on any atom is -0.308 e. The maximum atomic E-state index is 5.63. The lowest BCUT2D eigenvalue weighted by Gasteiger charge is -2.19. The average molecular weight is 333 g/mol. The lowest BCUT2D eigenvalue weighted by atomic mass is 9.96. The standard InChI is InChI=1S/C15H17BrN4/c1-9-6-7-10(12(16)8-9)14-18-13-5-3-2-4-11(13)15(19-14)20-17/h6-8H,2-5,17H2,1H3,(H,18,19,20). The zero-order valence-electron chi connectivity index (χ0n) is 11.4. The second kappa shape index (κ2) is 5.50. The predicted molar refractivity (Wildman–Crippen MR) is 84.4 cm³/mol. The van der Waals surface area contributed by atoms with Gasteiger partial charge in [-0.1, -0.05) is 22.0 Å². The number of aromatic nitrogens is 2. The molecule has 0 radical (unpaired) electrons. The van der Waals surface area contributed by atoms with Gasteiger partial charge in [-0.2, -0.15) is 0 Å². The summed E-state index contributed by atoms with van der Waals surface area (Å²) >= 11 is 3.59. The number of aryl methyl sites for hydroxylation is 2. The third-order valence-corrected chi connectivity index (χ3v) is 4.34. The Hall–Kier alpha value is -1.46. The number of benzene rings is 1. The normalized spacial score (nSPS) is 13.9. The summed E-state index contributed by atoms with van der Waals surface area (Å²) in [5.41, 5.74) is 7.23. The lowest BCUT2D eigenvalue weighted by molar-refractivity contribution is 0.665. The molecule has 0 saturated carbocycles. The van der Waals surface area contributed by atoms with Crippen LogP contribution in [0.25, 0.3) is 11.4 Å². The van der Waals surface area contributed by atoms with Gasteiger partial charge in [0.2, 0.25) is 0 Å². The molecule has 0 atom stereocenters. The van der Waals surface area contributed by atoms with Crippen molar-refractivity contribution in [3.8, 4) is 11.4 Å². The summed E-state index contributed by atoms with van der Waals surface area (Å²) in [4.78, 5) is 9.33. The summed E-state index contributed by atoms with van der Waals surface area (Å²) in [6.07, 6.45) is 4.37. The zero-order valence-corrected chi connectivity index (χ0v) is 13.0. The Morgan fingerprint density at radius 2 is 2.00 bits per heavy atom. The number of nitrogens with two attached hydrogens (primary N) is 1. The highest BCUT2D eigenvalue weighted by molar-refractivity contribution is 9.10. The predicted octanol–water partition coefficient (Wildman–Crippen LogP) is 3.38. The molecular weight excluding hydrogens is 316 g/mol. The largest absolute Gasteiger partial charge is 0.308 e. The highest BCUT2D eigenvalue weighted by Gasteiger charge is 2.18. The summed E-state index contributed by atoms with van der Waals surface area (Å²) in [7, 11) is 0. The fourth-order valence-electron chi connectivity index (χ4n) is 2.64. The third-order valence-electron chi connectivity index (χ3n) is 3.69. The van der Waals surface area contributed by atoms with Crippen molar-refractivity contribution >= 4 is 21.7 Å². The highest BCUT2D eigenvalue weighted by atomic mass is 79.9. The molecule has 2 aromatic rings. The quantitative estimate of drug-likeness (QED) is 0.653. The van der Waals surface area contributed by atoms with E-state index in [4.69, 9.17) is 10.8 Å². The van der Waals surface area contributed by atoms with Crippen molar-refractivity contribution in [1.82, 2.24) is 9.97 Å². The maximum absolute atomic E-state index is 5.63. The minimum atomic E-state index is 0.727. The Balaban J connectivity index is 2.14. The van der Waals surface area contributed by atoms with Crippen molar-refractivity contribution in [2.75, 3.05) is 5.43 Å². The van der Waals surface area contributed by atoms with Gasteiger partial charge in [0.25, 0.3) is 0 Å². The SMILES string of the molecule is Cc1ccc(-c2nc3c(c(NN)n2)CCCC3)c(Br)c1. The number of anilines is 1. The van der Waals surface area contributed by atoms with Crippen LogP contribution in [-0.4, -0.2) is 9.97 Å². The van der Waals surface area contributed by atoms with E-state index in [0.29, 0.717) is 0 Å². The van der Waals surface area contributed by atoms with Gasteiger partial charge in [0, 0.05) is 21.3 Å². The van der Waals surface area contributed by atoms with E-state index in [9.17, 15) is 0 Å². The number of hydrogen-bond acceptors (Lipinski definition) is 4. The zero-order chi connectivity index (χ0) is 14.1. The first-order valence-electron chi connectivity index (χ1n) is 6.82. The molecule has 4 nitrogen and oxygen atoms in total. The van der Waals surface area contributed by atoms with Crippen LogP contribution in [0.4, 0.5) is 5.82 Å². The summed E-state index contributed by atoms with van der Waals surface area (Å²) in [5.74, 6) is 7.12.